The summed E-state index contributed by atoms with van der Waals surface area (Å²) in [5.74, 6) is -1.01. The molecule has 0 bridgehead atoms. The zero-order valence-corrected chi connectivity index (χ0v) is 19.1. The van der Waals surface area contributed by atoms with Gasteiger partial charge in [-0.1, -0.05) is 49.7 Å². The van der Waals surface area contributed by atoms with Crippen LogP contribution in [0.1, 0.15) is 37.1 Å². The molecule has 2 aromatic rings. The maximum absolute atomic E-state index is 13.1. The monoisotopic (exact) mass is 487 g/mol. The number of ether oxygens (including phenoxy) is 1. The third-order valence-corrected chi connectivity index (χ3v) is 5.68. The van der Waals surface area contributed by atoms with Crippen LogP contribution in [-0.2, 0) is 14.3 Å². The maximum Gasteiger partial charge on any atom is 0.315 e. The smallest absolute Gasteiger partial charge is 0.315 e. The Labute approximate surface area is 188 Å². The van der Waals surface area contributed by atoms with Crippen LogP contribution in [0.5, 0.6) is 0 Å². The molecule has 1 atom stereocenters. The summed E-state index contributed by atoms with van der Waals surface area (Å²) in [6.07, 6.45) is 1.59. The van der Waals surface area contributed by atoms with Gasteiger partial charge in [-0.25, -0.2) is 4.98 Å². The predicted molar refractivity (Wildman–Crippen MR) is 121 cm³/mol. The molecule has 6 nitrogen and oxygen atoms in total. The van der Waals surface area contributed by atoms with Crippen molar-refractivity contribution in [1.82, 2.24) is 10.3 Å². The van der Waals surface area contributed by atoms with Crippen molar-refractivity contribution in [2.75, 3.05) is 12.9 Å². The van der Waals surface area contributed by atoms with Crippen molar-refractivity contribution in [2.45, 2.75) is 25.8 Å². The zero-order valence-electron chi connectivity index (χ0n) is 16.7. The van der Waals surface area contributed by atoms with Crippen molar-refractivity contribution in [3.05, 3.63) is 70.0 Å². The highest BCUT2D eigenvalue weighted by Crippen LogP contribution is 2.31. The Morgan fingerprint density at radius 1 is 1.23 bits per heavy atom. The summed E-state index contributed by atoms with van der Waals surface area (Å²) in [4.78, 5) is 29.4. The van der Waals surface area contributed by atoms with Crippen LogP contribution in [-0.4, -0.2) is 29.7 Å². The van der Waals surface area contributed by atoms with Crippen molar-refractivity contribution in [3.63, 3.8) is 0 Å². The van der Waals surface area contributed by atoms with E-state index in [9.17, 15) is 14.9 Å². The minimum absolute atomic E-state index is 0.0461. The molecule has 0 aliphatic rings. The number of hydrogen-bond donors (Lipinski definition) is 1. The predicted octanol–water partition coefficient (Wildman–Crippen LogP) is 4.64. The fraction of sp³-hybridized carbons (Fsp3) is 0.273. The van der Waals surface area contributed by atoms with E-state index in [0.717, 1.165) is 30.2 Å². The van der Waals surface area contributed by atoms with E-state index in [4.69, 9.17) is 4.74 Å². The molecule has 1 amide bonds. The Morgan fingerprint density at radius 2 is 1.97 bits per heavy atom. The summed E-state index contributed by atoms with van der Waals surface area (Å²) >= 11 is 4.36. The standard InChI is InChI=1S/C22H22BrN3O3S/c1-3-8-17(15-9-5-4-6-10-15)26-22(28)16(13-24)21(30-14-20(27)29-2)18-11-7-12-19(23)25-18/h4-7,9-12,17H,3,8,14H2,1-2H3,(H,26,28)/b21-16-/t17-/m0/s1. The summed E-state index contributed by atoms with van der Waals surface area (Å²) in [5.41, 5.74) is 1.30. The quantitative estimate of drug-likeness (QED) is 0.239. The lowest BCUT2D eigenvalue weighted by Crippen LogP contribution is -2.30. The topological polar surface area (TPSA) is 92.1 Å². The third-order valence-electron chi connectivity index (χ3n) is 4.16. The molecule has 0 radical (unpaired) electrons. The van der Waals surface area contributed by atoms with Crippen LogP contribution in [0.15, 0.2) is 58.7 Å². The summed E-state index contributed by atoms with van der Waals surface area (Å²) in [5, 5.41) is 12.8. The van der Waals surface area contributed by atoms with Gasteiger partial charge in [0.15, 0.2) is 0 Å². The molecule has 1 N–H and O–H groups in total. The Bertz CT molecular complexity index is 958. The number of rotatable bonds is 9. The van der Waals surface area contributed by atoms with Gasteiger partial charge in [0.05, 0.1) is 29.5 Å². The van der Waals surface area contributed by atoms with E-state index < -0.39 is 11.9 Å². The molecule has 1 aromatic heterocycles. The number of nitrogens with one attached hydrogen (secondary N) is 1. The number of pyridine rings is 1. The normalized spacial score (nSPS) is 12.3. The molecule has 0 unspecified atom stereocenters. The molecule has 156 valence electrons. The number of carbonyl (C=O) groups excluding carboxylic acids is 2. The lowest BCUT2D eigenvalue weighted by molar-refractivity contribution is -0.137. The molecule has 0 fully saturated rings. The van der Waals surface area contributed by atoms with E-state index in [0.29, 0.717) is 15.2 Å². The molecule has 0 saturated carbocycles. The van der Waals surface area contributed by atoms with E-state index in [-0.39, 0.29) is 17.4 Å². The van der Waals surface area contributed by atoms with Crippen LogP contribution in [0.2, 0.25) is 0 Å². The first-order chi connectivity index (χ1) is 14.5. The number of methoxy groups -OCH3 is 1. The van der Waals surface area contributed by atoms with Gasteiger partial charge in [-0.3, -0.25) is 9.59 Å². The van der Waals surface area contributed by atoms with Crippen molar-refractivity contribution in [3.8, 4) is 6.07 Å². The van der Waals surface area contributed by atoms with Crippen LogP contribution < -0.4 is 5.32 Å². The highest BCUT2D eigenvalue weighted by molar-refractivity contribution is 9.10. The van der Waals surface area contributed by atoms with Gasteiger partial charge in [0.2, 0.25) is 0 Å². The first-order valence-corrected chi connectivity index (χ1v) is 11.1. The number of thioether (sulfide) groups is 1. The lowest BCUT2D eigenvalue weighted by Gasteiger charge is -2.19. The average molecular weight is 488 g/mol. The molecule has 0 spiro atoms. The lowest BCUT2D eigenvalue weighted by atomic mass is 10.0. The SMILES string of the molecule is CCC[C@H](NC(=O)/C(C#N)=C(\SCC(=O)OC)c1cccc(Br)n1)c1ccccc1. The third kappa shape index (κ3) is 6.71. The van der Waals surface area contributed by atoms with Crippen LogP contribution in [0.3, 0.4) is 0 Å². The van der Waals surface area contributed by atoms with Gasteiger partial charge < -0.3 is 10.1 Å². The molecule has 0 aliphatic heterocycles. The minimum Gasteiger partial charge on any atom is -0.468 e. The molecule has 0 aliphatic carbocycles. The van der Waals surface area contributed by atoms with Gasteiger partial charge in [0.25, 0.3) is 5.91 Å². The molecule has 1 aromatic carbocycles. The van der Waals surface area contributed by atoms with Crippen molar-refractivity contribution >= 4 is 44.5 Å². The summed E-state index contributed by atoms with van der Waals surface area (Å²) in [7, 11) is 1.29. The average Bonchev–Trinajstić information content (AvgIpc) is 2.76. The van der Waals surface area contributed by atoms with E-state index in [1.165, 1.54) is 7.11 Å². The highest BCUT2D eigenvalue weighted by atomic mass is 79.9. The van der Waals surface area contributed by atoms with Gasteiger partial charge in [-0.2, -0.15) is 5.26 Å². The number of aromatic nitrogens is 1. The van der Waals surface area contributed by atoms with Crippen LogP contribution in [0, 0.1) is 11.3 Å². The first-order valence-electron chi connectivity index (χ1n) is 9.32. The van der Waals surface area contributed by atoms with Gasteiger partial charge in [0, 0.05) is 0 Å². The number of hydrogen-bond acceptors (Lipinski definition) is 6. The Balaban J connectivity index is 2.41. The van der Waals surface area contributed by atoms with Crippen LogP contribution >= 0.6 is 27.7 Å². The molecule has 8 heteroatoms. The first kappa shape index (κ1) is 23.6. The molecule has 30 heavy (non-hydrogen) atoms. The molecular formula is C22H22BrN3O3S. The summed E-state index contributed by atoms with van der Waals surface area (Å²) in [6, 6.07) is 16.6. The van der Waals surface area contributed by atoms with E-state index in [2.05, 4.69) is 26.2 Å². The fourth-order valence-electron chi connectivity index (χ4n) is 2.73. The number of amides is 1. The van der Waals surface area contributed by atoms with Crippen LogP contribution in [0.4, 0.5) is 0 Å². The fourth-order valence-corrected chi connectivity index (χ4v) is 4.00. The second-order valence-electron chi connectivity index (χ2n) is 6.25. The second kappa shape index (κ2) is 12.2. The number of nitriles is 1. The number of halogens is 1. The van der Waals surface area contributed by atoms with Gasteiger partial charge in [-0.15, -0.1) is 11.8 Å². The summed E-state index contributed by atoms with van der Waals surface area (Å²) < 4.78 is 5.25. The Hall–Kier alpha value is -2.63. The van der Waals surface area contributed by atoms with E-state index in [1.807, 2.05) is 43.3 Å². The van der Waals surface area contributed by atoms with Crippen molar-refractivity contribution < 1.29 is 14.3 Å². The van der Waals surface area contributed by atoms with Gasteiger partial charge in [0.1, 0.15) is 16.2 Å². The highest BCUT2D eigenvalue weighted by Gasteiger charge is 2.23. The largest absolute Gasteiger partial charge is 0.468 e. The molecule has 2 rings (SSSR count). The minimum atomic E-state index is -0.506. The number of carbonyl (C=O) groups is 2. The Kier molecular flexibility index (Phi) is 9.58. The molecule has 1 heterocycles. The number of benzene rings is 1. The molecule has 0 saturated heterocycles. The van der Waals surface area contributed by atoms with Gasteiger partial charge >= 0.3 is 5.97 Å². The van der Waals surface area contributed by atoms with Crippen molar-refractivity contribution in [2.24, 2.45) is 0 Å². The number of nitrogens with zero attached hydrogens (tertiary/aromatic N) is 2. The van der Waals surface area contributed by atoms with Crippen molar-refractivity contribution in [1.29, 1.82) is 5.26 Å². The Morgan fingerprint density at radius 3 is 2.57 bits per heavy atom. The van der Waals surface area contributed by atoms with E-state index in [1.54, 1.807) is 18.2 Å². The second-order valence-corrected chi connectivity index (χ2v) is 8.05. The molecular weight excluding hydrogens is 466 g/mol. The zero-order chi connectivity index (χ0) is 21.9. The number of esters is 1. The van der Waals surface area contributed by atoms with Gasteiger partial charge in [-0.05, 0) is 40.0 Å². The van der Waals surface area contributed by atoms with Crippen LogP contribution in [0.25, 0.3) is 4.91 Å². The summed E-state index contributed by atoms with van der Waals surface area (Å²) in [6.45, 7) is 2.03. The maximum atomic E-state index is 13.1. The van der Waals surface area contributed by atoms with E-state index >= 15 is 0 Å².